The fourth-order valence-electron chi connectivity index (χ4n) is 10.5. The van der Waals surface area contributed by atoms with E-state index in [1.807, 2.05) is 13.1 Å². The van der Waals surface area contributed by atoms with E-state index in [-0.39, 0.29) is 12.3 Å². The van der Waals surface area contributed by atoms with Gasteiger partial charge in [-0.3, -0.25) is 9.89 Å². The number of aliphatic imine (C=N–C) groups is 1. The number of allylic oxidation sites excluding steroid dienone is 4. The maximum atomic E-state index is 6.62. The number of para-hydroxylation sites is 1. The number of nitrogens with one attached hydrogen (secondary N) is 1. The van der Waals surface area contributed by atoms with Gasteiger partial charge in [0.1, 0.15) is 17.3 Å². The zero-order chi connectivity index (χ0) is 44.6. The topological polar surface area (TPSA) is 45.7 Å². The Bertz CT molecular complexity index is 3330. The Balaban J connectivity index is 1.16. The minimum Gasteiger partial charge on any atom is -0.456 e. The summed E-state index contributed by atoms with van der Waals surface area (Å²) >= 11 is 0. The molecule has 8 aromatic carbocycles. The molecule has 0 bridgehead atoms. The highest BCUT2D eigenvalue weighted by molar-refractivity contribution is 7.20. The van der Waals surface area contributed by atoms with Crippen LogP contribution in [-0.4, -0.2) is 37.9 Å². The van der Waals surface area contributed by atoms with E-state index in [0.29, 0.717) is 5.92 Å². The molecule has 3 atom stereocenters. The summed E-state index contributed by atoms with van der Waals surface area (Å²) in [6.45, 7) is 2.28. The third-order valence-corrected chi connectivity index (χ3v) is 18.5. The second-order valence-corrected chi connectivity index (χ2v) is 21.4. The number of hydrogen-bond donors (Lipinski definition) is 1. The lowest BCUT2D eigenvalue weighted by Crippen LogP contribution is -2.74. The van der Waals surface area contributed by atoms with E-state index in [0.717, 1.165) is 56.0 Å². The van der Waals surface area contributed by atoms with E-state index in [9.17, 15) is 0 Å². The summed E-state index contributed by atoms with van der Waals surface area (Å²) in [6.07, 6.45) is 9.34. The molecule has 322 valence electrons. The number of rotatable bonds is 12. The third-order valence-electron chi connectivity index (χ3n) is 13.8. The largest absolute Gasteiger partial charge is 0.456 e. The van der Waals surface area contributed by atoms with E-state index in [1.54, 1.807) is 0 Å². The molecule has 2 aromatic heterocycles. The molecule has 66 heavy (non-hydrogen) atoms. The average Bonchev–Trinajstić information content (AvgIpc) is 3.90. The number of benzene rings is 8. The van der Waals surface area contributed by atoms with Gasteiger partial charge in [0.25, 0.3) is 0 Å². The molecule has 2 heterocycles. The third kappa shape index (κ3) is 7.15. The standard InChI is InChI=1S/C60H52N4OSi/c1-42-21-16-17-24-45(42)41-62-60(63(3)59(61-2)43-22-8-4-9-23-43)44-25-20-26-46(37-44)64-55-36-35-50(38-52(55)53-40-58-54(39-56(53)64)51-33-18-19-34-57(51)65-58)66(47-27-10-5-11-28-47,48-29-12-6-13-30-48)49-31-14-7-15-32-49/h4-20,22-42,59-61H,21H2,1-3H3. The van der Waals surface area contributed by atoms with Crippen LogP contribution in [-0.2, 0) is 0 Å². The molecule has 0 saturated heterocycles. The second-order valence-electron chi connectivity index (χ2n) is 17.6. The Morgan fingerprint density at radius 1 is 0.606 bits per heavy atom. The van der Waals surface area contributed by atoms with E-state index in [2.05, 4.69) is 247 Å². The van der Waals surface area contributed by atoms with Gasteiger partial charge in [-0.25, -0.2) is 0 Å². The van der Waals surface area contributed by atoms with Crippen molar-refractivity contribution < 1.29 is 4.42 Å². The zero-order valence-corrected chi connectivity index (χ0v) is 38.6. The van der Waals surface area contributed by atoms with Crippen LogP contribution in [0.25, 0.3) is 49.4 Å². The van der Waals surface area contributed by atoms with Gasteiger partial charge in [-0.1, -0.05) is 189 Å². The Kier molecular flexibility index (Phi) is 11.0. The molecule has 1 N–H and O–H groups in total. The van der Waals surface area contributed by atoms with Crippen molar-refractivity contribution in [1.82, 2.24) is 14.8 Å². The van der Waals surface area contributed by atoms with Gasteiger partial charge in [-0.05, 0) is 100 Å². The SMILES string of the molecule is CNC(c1ccccc1)N(C)C(N=CC1=CC=CCC1C)c1cccc(-n2c3ccc([Si](c4ccccc4)(c4ccccc4)c4ccccc4)cc3c3cc4oc5ccccc5c4cc32)c1. The summed E-state index contributed by atoms with van der Waals surface area (Å²) in [7, 11) is 1.37. The summed E-state index contributed by atoms with van der Waals surface area (Å²) in [5, 5.41) is 13.5. The minimum absolute atomic E-state index is 0.0766. The first kappa shape index (κ1) is 41.4. The zero-order valence-electron chi connectivity index (χ0n) is 37.6. The maximum Gasteiger partial charge on any atom is 0.179 e. The van der Waals surface area contributed by atoms with Crippen LogP contribution in [0, 0.1) is 5.92 Å². The molecule has 0 amide bonds. The van der Waals surface area contributed by atoms with Crippen molar-refractivity contribution in [1.29, 1.82) is 0 Å². The fraction of sp³-hybridized carbons (Fsp3) is 0.117. The average molecular weight is 873 g/mol. The predicted octanol–water partition coefficient (Wildman–Crippen LogP) is 11.5. The highest BCUT2D eigenvalue weighted by Gasteiger charge is 2.41. The molecular weight excluding hydrogens is 821 g/mol. The summed E-state index contributed by atoms with van der Waals surface area (Å²) in [4.78, 5) is 7.79. The van der Waals surface area contributed by atoms with Crippen LogP contribution >= 0.6 is 0 Å². The quantitative estimate of drug-likeness (QED) is 0.0576. The number of nitrogens with zero attached hydrogens (tertiary/aromatic N) is 3. The molecule has 1 aliphatic carbocycles. The van der Waals surface area contributed by atoms with Crippen LogP contribution in [0.2, 0.25) is 0 Å². The minimum atomic E-state index is -2.83. The number of furan rings is 1. The second kappa shape index (κ2) is 17.6. The highest BCUT2D eigenvalue weighted by Crippen LogP contribution is 2.39. The molecule has 1 aliphatic rings. The summed E-state index contributed by atoms with van der Waals surface area (Å²) in [6, 6.07) is 73.4. The van der Waals surface area contributed by atoms with Gasteiger partial charge in [-0.15, -0.1) is 0 Å². The van der Waals surface area contributed by atoms with Crippen LogP contribution in [0.4, 0.5) is 0 Å². The van der Waals surface area contributed by atoms with Crippen LogP contribution in [0.15, 0.2) is 233 Å². The van der Waals surface area contributed by atoms with Gasteiger partial charge < -0.3 is 14.3 Å². The molecule has 0 radical (unpaired) electrons. The number of hydrogen-bond acceptors (Lipinski definition) is 4. The fourth-order valence-corrected chi connectivity index (χ4v) is 15.3. The van der Waals surface area contributed by atoms with Crippen LogP contribution < -0.4 is 26.1 Å². The first-order chi connectivity index (χ1) is 32.5. The van der Waals surface area contributed by atoms with Gasteiger partial charge in [0.2, 0.25) is 0 Å². The summed E-state index contributed by atoms with van der Waals surface area (Å²) in [5.41, 5.74) is 8.64. The van der Waals surface area contributed by atoms with Crippen LogP contribution in [0.3, 0.4) is 0 Å². The van der Waals surface area contributed by atoms with Crippen molar-refractivity contribution in [3.63, 3.8) is 0 Å². The van der Waals surface area contributed by atoms with Gasteiger partial charge >= 0.3 is 0 Å². The monoisotopic (exact) mass is 872 g/mol. The molecule has 0 fully saturated rings. The van der Waals surface area contributed by atoms with E-state index in [1.165, 1.54) is 37.3 Å². The molecule has 6 heteroatoms. The van der Waals surface area contributed by atoms with Crippen molar-refractivity contribution in [3.8, 4) is 5.69 Å². The summed E-state index contributed by atoms with van der Waals surface area (Å²) in [5.74, 6) is 0.399. The lowest BCUT2D eigenvalue weighted by atomic mass is 9.94. The van der Waals surface area contributed by atoms with Crippen molar-refractivity contribution in [2.45, 2.75) is 25.7 Å². The Morgan fingerprint density at radius 2 is 1.23 bits per heavy atom. The Morgan fingerprint density at radius 3 is 1.89 bits per heavy atom. The van der Waals surface area contributed by atoms with Gasteiger partial charge in [-0.2, -0.15) is 0 Å². The molecule has 5 nitrogen and oxygen atoms in total. The smallest absolute Gasteiger partial charge is 0.179 e. The number of aromatic nitrogens is 1. The van der Waals surface area contributed by atoms with Crippen molar-refractivity contribution in [3.05, 3.63) is 235 Å². The Labute approximate surface area is 387 Å². The van der Waals surface area contributed by atoms with E-state index in [4.69, 9.17) is 9.41 Å². The Hall–Kier alpha value is -7.35. The summed E-state index contributed by atoms with van der Waals surface area (Å²) < 4.78 is 9.08. The lowest BCUT2D eigenvalue weighted by Gasteiger charge is -2.34. The first-order valence-corrected chi connectivity index (χ1v) is 25.0. The van der Waals surface area contributed by atoms with Crippen LogP contribution in [0.5, 0.6) is 0 Å². The van der Waals surface area contributed by atoms with E-state index >= 15 is 0 Å². The van der Waals surface area contributed by atoms with Gasteiger partial charge in [0.15, 0.2) is 8.07 Å². The first-order valence-electron chi connectivity index (χ1n) is 23.0. The highest BCUT2D eigenvalue weighted by atomic mass is 28.3. The lowest BCUT2D eigenvalue weighted by molar-refractivity contribution is 0.157. The van der Waals surface area contributed by atoms with Crippen molar-refractivity contribution >= 4 is 78.8 Å². The van der Waals surface area contributed by atoms with Gasteiger partial charge in [0.05, 0.1) is 17.2 Å². The predicted molar refractivity (Wildman–Crippen MR) is 280 cm³/mol. The van der Waals surface area contributed by atoms with Crippen molar-refractivity contribution in [2.75, 3.05) is 14.1 Å². The van der Waals surface area contributed by atoms with Gasteiger partial charge in [0, 0.05) is 33.4 Å². The van der Waals surface area contributed by atoms with E-state index < -0.39 is 8.07 Å². The normalized spacial score (nSPS) is 15.3. The molecular formula is C60H52N4OSi. The molecule has 0 spiro atoms. The molecule has 0 aliphatic heterocycles. The van der Waals surface area contributed by atoms with Crippen LogP contribution in [0.1, 0.15) is 36.8 Å². The molecule has 0 saturated carbocycles. The molecule has 11 rings (SSSR count). The molecule has 3 unspecified atom stereocenters. The molecule has 10 aromatic rings. The number of fused-ring (bicyclic) bond motifs is 6. The van der Waals surface area contributed by atoms with Crippen molar-refractivity contribution in [2.24, 2.45) is 10.9 Å². The maximum absolute atomic E-state index is 6.62.